The van der Waals surface area contributed by atoms with Crippen molar-refractivity contribution in [1.82, 2.24) is 0 Å². The van der Waals surface area contributed by atoms with Gasteiger partial charge in [-0.15, -0.1) is 0 Å². The number of unbranched alkanes of at least 4 members (excludes halogenated alkanes) is 1. The second-order valence-corrected chi connectivity index (χ2v) is 4.89. The highest BCUT2D eigenvalue weighted by molar-refractivity contribution is 5.98. The maximum atomic E-state index is 8.53. The Morgan fingerprint density at radius 1 is 1.29 bits per heavy atom. The van der Waals surface area contributed by atoms with Gasteiger partial charge in [-0.05, 0) is 24.7 Å². The van der Waals surface area contributed by atoms with Crippen molar-refractivity contribution in [3.63, 3.8) is 0 Å². The van der Waals surface area contributed by atoms with Crippen LogP contribution >= 0.6 is 0 Å². The Hall–Kier alpha value is -0.333. The van der Waals surface area contributed by atoms with Crippen LogP contribution in [0.2, 0.25) is 0 Å². The van der Waals surface area contributed by atoms with Gasteiger partial charge >= 0.3 is 0 Å². The van der Waals surface area contributed by atoms with Crippen LogP contribution in [0.3, 0.4) is 0 Å². The van der Waals surface area contributed by atoms with Crippen molar-refractivity contribution in [2.45, 2.75) is 52.6 Å². The molecule has 0 bridgehead atoms. The van der Waals surface area contributed by atoms with E-state index in [0.29, 0.717) is 18.3 Å². The van der Waals surface area contributed by atoms with E-state index in [-0.39, 0.29) is 5.60 Å². The zero-order valence-corrected chi connectivity index (χ0v) is 12.1. The van der Waals surface area contributed by atoms with Gasteiger partial charge in [-0.1, -0.05) is 27.7 Å². The number of nitriles is 1. The molecule has 0 heterocycles. The van der Waals surface area contributed by atoms with Gasteiger partial charge in [0.05, 0.1) is 11.7 Å². The van der Waals surface area contributed by atoms with E-state index in [1.807, 2.05) is 0 Å². The summed E-state index contributed by atoms with van der Waals surface area (Å²) in [4.78, 5) is 0. The SMILES string of the molecule is CC(C)C(CCCC#N)(O[SiH3])C(C)C. The van der Waals surface area contributed by atoms with Gasteiger partial charge in [-0.2, -0.15) is 5.26 Å². The lowest BCUT2D eigenvalue weighted by atomic mass is 9.77. The smallest absolute Gasteiger partial charge is 0.146 e. The van der Waals surface area contributed by atoms with Crippen molar-refractivity contribution >= 4 is 10.5 Å². The summed E-state index contributed by atoms with van der Waals surface area (Å²) in [5, 5.41) is 8.53. The molecule has 0 saturated heterocycles. The molecule has 3 heteroatoms. The normalized spacial score (nSPS) is 12.4. The largest absolute Gasteiger partial charge is 0.422 e. The summed E-state index contributed by atoms with van der Waals surface area (Å²) in [5.41, 5.74) is 0.00305. The second-order valence-electron chi connectivity index (χ2n) is 4.48. The van der Waals surface area contributed by atoms with Crippen molar-refractivity contribution < 1.29 is 4.43 Å². The maximum absolute atomic E-state index is 8.53. The Morgan fingerprint density at radius 3 is 2.07 bits per heavy atom. The first-order chi connectivity index (χ1) is 6.51. The third-order valence-electron chi connectivity index (χ3n) is 3.19. The third kappa shape index (κ3) is 3.11. The van der Waals surface area contributed by atoms with Crippen molar-refractivity contribution in [2.24, 2.45) is 11.8 Å². The van der Waals surface area contributed by atoms with E-state index in [2.05, 4.69) is 33.8 Å². The first-order valence-corrected chi connectivity index (χ1v) is 6.25. The van der Waals surface area contributed by atoms with E-state index in [1.54, 1.807) is 0 Å². The molecule has 0 fully saturated rings. The summed E-state index contributed by atoms with van der Waals surface area (Å²) in [5.74, 6) is 1.05. The molecule has 0 spiro atoms. The number of nitrogens with zero attached hydrogens (tertiary/aromatic N) is 1. The molecule has 0 atom stereocenters. The highest BCUT2D eigenvalue weighted by Crippen LogP contribution is 2.34. The predicted molar refractivity (Wildman–Crippen MR) is 62.9 cm³/mol. The first kappa shape index (κ1) is 13.7. The molecule has 14 heavy (non-hydrogen) atoms. The molecule has 0 aliphatic carbocycles. The highest BCUT2D eigenvalue weighted by Gasteiger charge is 2.35. The molecule has 2 nitrogen and oxygen atoms in total. The second kappa shape index (κ2) is 6.21. The predicted octanol–water partition coefficient (Wildman–Crippen LogP) is 2.03. The lowest BCUT2D eigenvalue weighted by molar-refractivity contribution is -0.0236. The van der Waals surface area contributed by atoms with E-state index >= 15 is 0 Å². The van der Waals surface area contributed by atoms with Gasteiger partial charge < -0.3 is 4.43 Å². The van der Waals surface area contributed by atoms with Gasteiger partial charge in [-0.3, -0.25) is 0 Å². The molecule has 0 aromatic heterocycles. The van der Waals surface area contributed by atoms with Gasteiger partial charge in [0.2, 0.25) is 0 Å². The van der Waals surface area contributed by atoms with Gasteiger partial charge in [0.15, 0.2) is 0 Å². The quantitative estimate of drug-likeness (QED) is 0.499. The minimum Gasteiger partial charge on any atom is -0.422 e. The van der Waals surface area contributed by atoms with Crippen LogP contribution in [-0.2, 0) is 4.43 Å². The first-order valence-electron chi connectivity index (χ1n) is 5.43. The monoisotopic (exact) mass is 213 g/mol. The van der Waals surface area contributed by atoms with Crippen LogP contribution in [0, 0.1) is 23.2 Å². The van der Waals surface area contributed by atoms with Crippen LogP contribution in [0.1, 0.15) is 47.0 Å². The van der Waals surface area contributed by atoms with Crippen molar-refractivity contribution in [3.05, 3.63) is 0 Å². The molecule has 0 aromatic carbocycles. The Morgan fingerprint density at radius 2 is 1.79 bits per heavy atom. The zero-order valence-electron chi connectivity index (χ0n) is 10.1. The van der Waals surface area contributed by atoms with Crippen LogP contribution in [0.5, 0.6) is 0 Å². The van der Waals surface area contributed by atoms with Gasteiger partial charge in [0.1, 0.15) is 10.5 Å². The molecule has 0 aliphatic heterocycles. The average Bonchev–Trinajstić information content (AvgIpc) is 2.11. The van der Waals surface area contributed by atoms with Crippen LogP contribution in [-0.4, -0.2) is 16.1 Å². The van der Waals surface area contributed by atoms with Gasteiger partial charge in [0, 0.05) is 6.42 Å². The Bertz CT molecular complexity index is 188. The summed E-state index contributed by atoms with van der Waals surface area (Å²) in [6.07, 6.45) is 2.61. The summed E-state index contributed by atoms with van der Waals surface area (Å²) in [6.45, 7) is 8.85. The molecule has 0 amide bonds. The summed E-state index contributed by atoms with van der Waals surface area (Å²) in [6, 6.07) is 2.20. The van der Waals surface area contributed by atoms with Gasteiger partial charge in [-0.25, -0.2) is 0 Å². The molecular weight excluding hydrogens is 190 g/mol. The fraction of sp³-hybridized carbons (Fsp3) is 0.909. The highest BCUT2D eigenvalue weighted by atomic mass is 28.2. The average molecular weight is 213 g/mol. The lowest BCUT2D eigenvalue weighted by Crippen LogP contribution is -2.43. The number of hydrogen-bond acceptors (Lipinski definition) is 2. The fourth-order valence-electron chi connectivity index (χ4n) is 2.26. The van der Waals surface area contributed by atoms with Crippen molar-refractivity contribution in [1.29, 1.82) is 5.26 Å². The van der Waals surface area contributed by atoms with E-state index in [1.165, 1.54) is 0 Å². The minimum absolute atomic E-state index is 0.00305. The molecule has 0 aromatic rings. The topological polar surface area (TPSA) is 33.0 Å². The molecular formula is C11H23NOSi. The lowest BCUT2D eigenvalue weighted by Gasteiger charge is -2.41. The fourth-order valence-corrected chi connectivity index (χ4v) is 3.41. The molecule has 0 N–H and O–H groups in total. The molecule has 0 radical (unpaired) electrons. The van der Waals surface area contributed by atoms with E-state index in [4.69, 9.17) is 9.69 Å². The number of hydrogen-bond donors (Lipinski definition) is 0. The Kier molecular flexibility index (Phi) is 6.06. The summed E-state index contributed by atoms with van der Waals surface area (Å²) >= 11 is 0. The van der Waals surface area contributed by atoms with Crippen LogP contribution in [0.4, 0.5) is 0 Å². The minimum atomic E-state index is 0.00305. The molecule has 0 saturated carbocycles. The molecule has 82 valence electrons. The number of rotatable bonds is 6. The Balaban J connectivity index is 4.44. The van der Waals surface area contributed by atoms with Crippen LogP contribution < -0.4 is 0 Å². The third-order valence-corrected chi connectivity index (χ3v) is 3.95. The van der Waals surface area contributed by atoms with Crippen molar-refractivity contribution in [2.75, 3.05) is 0 Å². The molecule has 0 rings (SSSR count). The zero-order chi connectivity index (χ0) is 11.2. The maximum Gasteiger partial charge on any atom is 0.146 e. The Labute approximate surface area is 91.2 Å². The van der Waals surface area contributed by atoms with Gasteiger partial charge in [0.25, 0.3) is 0 Å². The van der Waals surface area contributed by atoms with E-state index in [0.717, 1.165) is 23.3 Å². The molecule has 0 unspecified atom stereocenters. The standard InChI is InChI=1S/C11H23NOSi/c1-9(2)11(13-14,10(3)4)7-5-6-8-12/h9-10H,5-7H2,1-4,14H3. The molecule has 0 aliphatic rings. The van der Waals surface area contributed by atoms with E-state index in [9.17, 15) is 0 Å². The van der Waals surface area contributed by atoms with Crippen molar-refractivity contribution in [3.8, 4) is 6.07 Å². The van der Waals surface area contributed by atoms with E-state index < -0.39 is 0 Å². The summed E-state index contributed by atoms with van der Waals surface area (Å²) in [7, 11) is 0.777. The van der Waals surface area contributed by atoms with Crippen LogP contribution in [0.25, 0.3) is 0 Å². The summed E-state index contributed by atoms with van der Waals surface area (Å²) < 4.78 is 5.84. The van der Waals surface area contributed by atoms with Crippen LogP contribution in [0.15, 0.2) is 0 Å².